The molecule has 0 saturated carbocycles. The van der Waals surface area contributed by atoms with Crippen LogP contribution in [0.1, 0.15) is 50.1 Å². The van der Waals surface area contributed by atoms with Crippen LogP contribution in [0.25, 0.3) is 11.4 Å². The summed E-state index contributed by atoms with van der Waals surface area (Å²) >= 11 is 0. The topological polar surface area (TPSA) is 85.2 Å². The highest BCUT2D eigenvalue weighted by atomic mass is 16.5. The number of nitrogens with two attached hydrogens (primary N) is 1. The van der Waals surface area contributed by atoms with Gasteiger partial charge in [-0.2, -0.15) is 4.98 Å². The first-order chi connectivity index (χ1) is 11.2. The van der Waals surface area contributed by atoms with E-state index in [0.717, 1.165) is 36.9 Å². The van der Waals surface area contributed by atoms with E-state index in [0.29, 0.717) is 24.7 Å². The van der Waals surface area contributed by atoms with Crippen molar-refractivity contribution in [2.24, 2.45) is 5.73 Å². The standard InChI is InChI=1S/C17H22N4O2/c1-2-4-15(22)21-10-3-5-14(21)17-19-16(20-23-17)13-8-6-12(11-18)7-9-13/h6-9,14H,2-5,10-11,18H2,1H3. The summed E-state index contributed by atoms with van der Waals surface area (Å²) in [5, 5.41) is 4.07. The lowest BCUT2D eigenvalue weighted by atomic mass is 10.1. The van der Waals surface area contributed by atoms with Gasteiger partial charge >= 0.3 is 0 Å². The molecule has 0 bridgehead atoms. The molecule has 1 saturated heterocycles. The molecule has 2 heterocycles. The smallest absolute Gasteiger partial charge is 0.249 e. The maximum atomic E-state index is 12.2. The van der Waals surface area contributed by atoms with E-state index in [-0.39, 0.29) is 11.9 Å². The van der Waals surface area contributed by atoms with Crippen LogP contribution < -0.4 is 5.73 Å². The average molecular weight is 314 g/mol. The first-order valence-corrected chi connectivity index (χ1v) is 8.15. The molecule has 6 nitrogen and oxygen atoms in total. The fourth-order valence-corrected chi connectivity index (χ4v) is 2.96. The Morgan fingerprint density at radius 1 is 1.39 bits per heavy atom. The molecule has 0 radical (unpaired) electrons. The highest BCUT2D eigenvalue weighted by Crippen LogP contribution is 2.32. The largest absolute Gasteiger partial charge is 0.337 e. The minimum Gasteiger partial charge on any atom is -0.337 e. The molecule has 1 aromatic heterocycles. The molecule has 23 heavy (non-hydrogen) atoms. The molecule has 6 heteroatoms. The summed E-state index contributed by atoms with van der Waals surface area (Å²) in [5.74, 6) is 1.25. The average Bonchev–Trinajstić information content (AvgIpc) is 3.24. The molecule has 2 aromatic rings. The summed E-state index contributed by atoms with van der Waals surface area (Å²) in [6.45, 7) is 3.29. The van der Waals surface area contributed by atoms with Gasteiger partial charge in [-0.25, -0.2) is 0 Å². The van der Waals surface area contributed by atoms with Gasteiger partial charge in [-0.3, -0.25) is 4.79 Å². The first kappa shape index (κ1) is 15.7. The van der Waals surface area contributed by atoms with Gasteiger partial charge in [0.2, 0.25) is 17.6 Å². The van der Waals surface area contributed by atoms with Crippen LogP contribution in [0.3, 0.4) is 0 Å². The van der Waals surface area contributed by atoms with Crippen molar-refractivity contribution in [3.8, 4) is 11.4 Å². The molecular formula is C17H22N4O2. The molecule has 1 amide bonds. The zero-order valence-electron chi connectivity index (χ0n) is 13.4. The van der Waals surface area contributed by atoms with Crippen LogP contribution in [0, 0.1) is 0 Å². The van der Waals surface area contributed by atoms with Gasteiger partial charge < -0.3 is 15.2 Å². The van der Waals surface area contributed by atoms with E-state index < -0.39 is 0 Å². The van der Waals surface area contributed by atoms with Gasteiger partial charge in [-0.15, -0.1) is 0 Å². The number of hydrogen-bond acceptors (Lipinski definition) is 5. The number of rotatable bonds is 5. The van der Waals surface area contributed by atoms with Crippen LogP contribution in [-0.4, -0.2) is 27.5 Å². The molecule has 1 aromatic carbocycles. The predicted molar refractivity (Wildman–Crippen MR) is 86.2 cm³/mol. The second-order valence-corrected chi connectivity index (χ2v) is 5.85. The normalized spacial score (nSPS) is 17.7. The van der Waals surface area contributed by atoms with Gasteiger partial charge in [0.05, 0.1) is 0 Å². The molecule has 1 aliphatic heterocycles. The van der Waals surface area contributed by atoms with Crippen LogP contribution >= 0.6 is 0 Å². The Labute approximate surface area is 135 Å². The minimum atomic E-state index is -0.0846. The fraction of sp³-hybridized carbons (Fsp3) is 0.471. The molecule has 0 spiro atoms. The minimum absolute atomic E-state index is 0.0846. The van der Waals surface area contributed by atoms with Crippen LogP contribution in [-0.2, 0) is 11.3 Å². The van der Waals surface area contributed by atoms with Crippen LogP contribution in [0.5, 0.6) is 0 Å². The molecule has 3 rings (SSSR count). The van der Waals surface area contributed by atoms with Gasteiger partial charge in [0.15, 0.2) is 0 Å². The van der Waals surface area contributed by atoms with Crippen molar-refractivity contribution in [2.75, 3.05) is 6.54 Å². The summed E-state index contributed by atoms with van der Waals surface area (Å²) in [6, 6.07) is 7.70. The number of likely N-dealkylation sites (tertiary alicyclic amines) is 1. The van der Waals surface area contributed by atoms with Crippen LogP contribution in [0.15, 0.2) is 28.8 Å². The van der Waals surface area contributed by atoms with E-state index in [1.54, 1.807) is 0 Å². The second-order valence-electron chi connectivity index (χ2n) is 5.85. The molecule has 1 atom stereocenters. The van der Waals surface area contributed by atoms with E-state index in [2.05, 4.69) is 10.1 Å². The Morgan fingerprint density at radius 3 is 2.87 bits per heavy atom. The van der Waals surface area contributed by atoms with Crippen molar-refractivity contribution in [2.45, 2.75) is 45.2 Å². The summed E-state index contributed by atoms with van der Waals surface area (Å²) in [5.41, 5.74) is 7.56. The Balaban J connectivity index is 1.79. The zero-order valence-corrected chi connectivity index (χ0v) is 13.4. The van der Waals surface area contributed by atoms with Gasteiger partial charge in [-0.05, 0) is 24.8 Å². The van der Waals surface area contributed by atoms with Gasteiger partial charge in [0.1, 0.15) is 6.04 Å². The maximum absolute atomic E-state index is 12.2. The van der Waals surface area contributed by atoms with E-state index in [9.17, 15) is 4.79 Å². The van der Waals surface area contributed by atoms with Crippen LogP contribution in [0.4, 0.5) is 0 Å². The van der Waals surface area contributed by atoms with Crippen molar-refractivity contribution in [1.82, 2.24) is 15.0 Å². The molecular weight excluding hydrogens is 292 g/mol. The van der Waals surface area contributed by atoms with Crippen LogP contribution in [0.2, 0.25) is 0 Å². The third-order valence-corrected chi connectivity index (χ3v) is 4.21. The number of amides is 1. The first-order valence-electron chi connectivity index (χ1n) is 8.15. The van der Waals surface area contributed by atoms with E-state index in [1.165, 1.54) is 0 Å². The highest BCUT2D eigenvalue weighted by Gasteiger charge is 2.33. The molecule has 1 aliphatic rings. The van der Waals surface area contributed by atoms with Gasteiger partial charge in [0, 0.05) is 25.1 Å². The van der Waals surface area contributed by atoms with Crippen molar-refractivity contribution in [1.29, 1.82) is 0 Å². The summed E-state index contributed by atoms with van der Waals surface area (Å²) in [4.78, 5) is 18.6. The van der Waals surface area contributed by atoms with Crippen molar-refractivity contribution < 1.29 is 9.32 Å². The zero-order chi connectivity index (χ0) is 16.2. The van der Waals surface area contributed by atoms with E-state index in [1.807, 2.05) is 36.1 Å². The Morgan fingerprint density at radius 2 is 2.17 bits per heavy atom. The lowest BCUT2D eigenvalue weighted by molar-refractivity contribution is -0.132. The van der Waals surface area contributed by atoms with Crippen molar-refractivity contribution in [3.63, 3.8) is 0 Å². The van der Waals surface area contributed by atoms with Gasteiger partial charge in [0.25, 0.3) is 0 Å². The van der Waals surface area contributed by atoms with E-state index in [4.69, 9.17) is 10.3 Å². The predicted octanol–water partition coefficient (Wildman–Crippen LogP) is 2.66. The molecule has 1 fully saturated rings. The molecule has 122 valence electrons. The third-order valence-electron chi connectivity index (χ3n) is 4.21. The fourth-order valence-electron chi connectivity index (χ4n) is 2.96. The maximum Gasteiger partial charge on any atom is 0.249 e. The summed E-state index contributed by atoms with van der Waals surface area (Å²) in [7, 11) is 0. The molecule has 2 N–H and O–H groups in total. The summed E-state index contributed by atoms with van der Waals surface area (Å²) < 4.78 is 5.44. The lowest BCUT2D eigenvalue weighted by Gasteiger charge is -2.21. The third kappa shape index (κ3) is 3.27. The monoisotopic (exact) mass is 314 g/mol. The Bertz CT molecular complexity index is 665. The summed E-state index contributed by atoms with van der Waals surface area (Å²) in [6.07, 6.45) is 3.27. The Kier molecular flexibility index (Phi) is 4.71. The lowest BCUT2D eigenvalue weighted by Crippen LogP contribution is -2.30. The number of nitrogens with zero attached hydrogens (tertiary/aromatic N) is 3. The quantitative estimate of drug-likeness (QED) is 0.917. The SMILES string of the molecule is CCCC(=O)N1CCCC1c1nc(-c2ccc(CN)cc2)no1. The molecule has 1 unspecified atom stereocenters. The number of benzene rings is 1. The van der Waals surface area contributed by atoms with E-state index >= 15 is 0 Å². The number of hydrogen-bond donors (Lipinski definition) is 1. The van der Waals surface area contributed by atoms with Gasteiger partial charge in [-0.1, -0.05) is 36.3 Å². The number of carbonyl (C=O) groups excluding carboxylic acids is 1. The van der Waals surface area contributed by atoms with Crippen molar-refractivity contribution in [3.05, 3.63) is 35.7 Å². The second kappa shape index (κ2) is 6.91. The Hall–Kier alpha value is -2.21. The number of carbonyl (C=O) groups is 1. The highest BCUT2D eigenvalue weighted by molar-refractivity contribution is 5.76. The molecule has 0 aliphatic carbocycles. The van der Waals surface area contributed by atoms with Crippen molar-refractivity contribution >= 4 is 5.91 Å². The number of aromatic nitrogens is 2.